The summed E-state index contributed by atoms with van der Waals surface area (Å²) in [6.07, 6.45) is 5.74. The van der Waals surface area contributed by atoms with Gasteiger partial charge in [-0.25, -0.2) is 0 Å². The summed E-state index contributed by atoms with van der Waals surface area (Å²) < 4.78 is 0. The van der Waals surface area contributed by atoms with Gasteiger partial charge < -0.3 is 19.6 Å². The first kappa shape index (κ1) is 35.2. The number of aryl methyl sites for hydroxylation is 3. The lowest BCUT2D eigenvalue weighted by molar-refractivity contribution is 0.511. The van der Waals surface area contributed by atoms with E-state index in [9.17, 15) is 0 Å². The number of fused-ring (bicyclic) bond motifs is 8. The Balaban J connectivity index is 1.34. The normalized spacial score (nSPS) is 15.4. The van der Waals surface area contributed by atoms with Crippen molar-refractivity contribution in [3.8, 4) is 0 Å². The van der Waals surface area contributed by atoms with E-state index >= 15 is 0 Å². The zero-order chi connectivity index (χ0) is 38.2. The summed E-state index contributed by atoms with van der Waals surface area (Å²) in [6.45, 7) is 8.81. The second-order valence-electron chi connectivity index (χ2n) is 15.5. The molecule has 56 heavy (non-hydrogen) atoms. The molecule has 8 bridgehead atoms. The maximum Gasteiger partial charge on any atom is 0.0482 e. The van der Waals surface area contributed by atoms with Crippen LogP contribution in [0.3, 0.4) is 0 Å². The Morgan fingerprint density at radius 1 is 0.357 bits per heavy atom. The number of hydrogen-bond donors (Lipinski definition) is 0. The van der Waals surface area contributed by atoms with Gasteiger partial charge in [-0.05, 0) is 155 Å². The second-order valence-corrected chi connectivity index (χ2v) is 15.5. The summed E-state index contributed by atoms with van der Waals surface area (Å²) in [5.74, 6) is 0.678. The summed E-state index contributed by atoms with van der Waals surface area (Å²) in [4.78, 5) is 9.67. The molecule has 1 atom stereocenters. The van der Waals surface area contributed by atoms with E-state index in [0.717, 1.165) is 75.4 Å². The van der Waals surface area contributed by atoms with Crippen molar-refractivity contribution in [2.75, 3.05) is 19.6 Å². The van der Waals surface area contributed by atoms with Crippen molar-refractivity contribution in [2.45, 2.75) is 47.0 Å². The summed E-state index contributed by atoms with van der Waals surface area (Å²) in [5, 5.41) is 0. The van der Waals surface area contributed by atoms with Crippen molar-refractivity contribution < 1.29 is 0 Å². The Morgan fingerprint density at radius 3 is 0.911 bits per heavy atom. The molecule has 1 heterocycles. The van der Waals surface area contributed by atoms with Crippen molar-refractivity contribution in [2.24, 2.45) is 5.92 Å². The molecule has 0 saturated carbocycles. The fourth-order valence-electron chi connectivity index (χ4n) is 8.14. The fourth-order valence-corrected chi connectivity index (χ4v) is 8.14. The molecule has 4 heteroatoms. The van der Waals surface area contributed by atoms with Gasteiger partial charge in [-0.15, -0.1) is 0 Å². The van der Waals surface area contributed by atoms with Crippen molar-refractivity contribution in [3.63, 3.8) is 0 Å². The number of nitrogens with zero attached hydrogens (tertiary/aromatic N) is 4. The number of hydrogen-bond acceptors (Lipinski definition) is 4. The van der Waals surface area contributed by atoms with E-state index in [0.29, 0.717) is 5.92 Å². The monoisotopic (exact) mass is 728 g/mol. The molecule has 0 radical (unpaired) electrons. The van der Waals surface area contributed by atoms with E-state index in [1.165, 1.54) is 28.8 Å². The van der Waals surface area contributed by atoms with Crippen molar-refractivity contribution in [1.82, 2.24) is 0 Å². The average molecular weight is 729 g/mol. The number of anilines is 11. The Hall–Kier alpha value is -6.52. The van der Waals surface area contributed by atoms with Crippen LogP contribution in [0.25, 0.3) is 0 Å². The number of rotatable bonds is 4. The SMILES string of the molecule is Cc1ccc(N2c3cccc(c3)N(C3=CCC(C)CC3)c3cccc(c3)N(c3ccc(C)cc3)c3cccc(c3)N(c3ccc(C)cc3)c3cccc2c3)cc1. The highest BCUT2D eigenvalue weighted by atomic mass is 15.2. The molecule has 7 aromatic rings. The van der Waals surface area contributed by atoms with E-state index in [1.807, 2.05) is 0 Å². The van der Waals surface area contributed by atoms with E-state index in [1.54, 1.807) is 0 Å². The Kier molecular flexibility index (Phi) is 9.40. The molecular formula is C52H48N4. The zero-order valence-electron chi connectivity index (χ0n) is 32.7. The first-order chi connectivity index (χ1) is 27.4. The van der Waals surface area contributed by atoms with Crippen LogP contribution < -0.4 is 19.6 Å². The fraction of sp³-hybridized carbons (Fsp3) is 0.154. The molecule has 0 N–H and O–H groups in total. The summed E-state index contributed by atoms with van der Waals surface area (Å²) in [6, 6.07) is 62.7. The molecule has 0 amide bonds. The first-order valence-corrected chi connectivity index (χ1v) is 19.9. The van der Waals surface area contributed by atoms with Crippen molar-refractivity contribution in [3.05, 3.63) is 198 Å². The van der Waals surface area contributed by atoms with E-state index in [2.05, 4.69) is 223 Å². The lowest BCUT2D eigenvalue weighted by Crippen LogP contribution is -2.21. The number of benzene rings is 7. The van der Waals surface area contributed by atoms with E-state index in [-0.39, 0.29) is 0 Å². The summed E-state index contributed by atoms with van der Waals surface area (Å²) in [7, 11) is 0. The van der Waals surface area contributed by atoms with Gasteiger partial charge in [0.1, 0.15) is 0 Å². The third-order valence-electron chi connectivity index (χ3n) is 11.2. The molecule has 2 aliphatic rings. The highest BCUT2D eigenvalue weighted by Crippen LogP contribution is 2.46. The minimum Gasteiger partial charge on any atom is -0.314 e. The molecule has 1 aliphatic heterocycles. The molecule has 0 saturated heterocycles. The summed E-state index contributed by atoms with van der Waals surface area (Å²) in [5.41, 5.74) is 17.2. The van der Waals surface area contributed by atoms with Crippen molar-refractivity contribution >= 4 is 62.6 Å². The molecular weight excluding hydrogens is 681 g/mol. The van der Waals surface area contributed by atoms with Gasteiger partial charge in [0.25, 0.3) is 0 Å². The lowest BCUT2D eigenvalue weighted by Gasteiger charge is -2.35. The molecule has 1 unspecified atom stereocenters. The molecule has 0 spiro atoms. The largest absolute Gasteiger partial charge is 0.314 e. The summed E-state index contributed by atoms with van der Waals surface area (Å²) >= 11 is 0. The Morgan fingerprint density at radius 2 is 0.643 bits per heavy atom. The van der Waals surface area contributed by atoms with Gasteiger partial charge in [0, 0.05) is 68.3 Å². The highest BCUT2D eigenvalue weighted by molar-refractivity contribution is 5.88. The quantitative estimate of drug-likeness (QED) is 0.179. The molecule has 1 aliphatic carbocycles. The minimum absolute atomic E-state index is 0.678. The van der Waals surface area contributed by atoms with Gasteiger partial charge in [-0.1, -0.05) is 90.4 Å². The Labute approximate surface area is 332 Å². The standard InChI is InChI=1S/C52H48N4/c1-37-17-25-41(26-18-37)53-45-9-5-11-47(33-45)54(42-27-19-38(2)20-28-42)49-13-7-15-51(35-49)56(44-31-23-40(4)24-32-44)52-16-8-14-50(36-52)55(43-29-21-39(3)22-30-43)48-12-6-10-46(53)34-48/h5-22,25-31,33-36,40H,23-24,32H2,1-4H3. The first-order valence-electron chi connectivity index (χ1n) is 19.9. The lowest BCUT2D eigenvalue weighted by atomic mass is 9.93. The molecule has 0 aromatic heterocycles. The predicted molar refractivity (Wildman–Crippen MR) is 238 cm³/mol. The molecule has 276 valence electrons. The van der Waals surface area contributed by atoms with Gasteiger partial charge in [0.15, 0.2) is 0 Å². The average Bonchev–Trinajstić information content (AvgIpc) is 3.22. The van der Waals surface area contributed by atoms with Crippen LogP contribution in [0.4, 0.5) is 62.6 Å². The van der Waals surface area contributed by atoms with E-state index in [4.69, 9.17) is 0 Å². The molecule has 9 rings (SSSR count). The van der Waals surface area contributed by atoms with Crippen LogP contribution in [0.1, 0.15) is 42.9 Å². The van der Waals surface area contributed by atoms with Gasteiger partial charge >= 0.3 is 0 Å². The van der Waals surface area contributed by atoms with Gasteiger partial charge in [-0.3, -0.25) is 0 Å². The van der Waals surface area contributed by atoms with Crippen LogP contribution in [0.2, 0.25) is 0 Å². The van der Waals surface area contributed by atoms with Gasteiger partial charge in [0.2, 0.25) is 0 Å². The minimum atomic E-state index is 0.678. The zero-order valence-corrected chi connectivity index (χ0v) is 32.7. The van der Waals surface area contributed by atoms with Gasteiger partial charge in [0.05, 0.1) is 0 Å². The van der Waals surface area contributed by atoms with Crippen molar-refractivity contribution in [1.29, 1.82) is 0 Å². The number of allylic oxidation sites excluding steroid dienone is 2. The predicted octanol–water partition coefficient (Wildman–Crippen LogP) is 15.2. The third kappa shape index (κ3) is 6.95. The van der Waals surface area contributed by atoms with Crippen LogP contribution in [-0.2, 0) is 0 Å². The van der Waals surface area contributed by atoms with Crippen LogP contribution in [0, 0.1) is 26.7 Å². The molecule has 0 fully saturated rings. The highest BCUT2D eigenvalue weighted by Gasteiger charge is 2.24. The Bertz CT molecular complexity index is 2380. The maximum absolute atomic E-state index is 2.50. The molecule has 7 aromatic carbocycles. The third-order valence-corrected chi connectivity index (χ3v) is 11.2. The van der Waals surface area contributed by atoms with Crippen LogP contribution in [0.5, 0.6) is 0 Å². The van der Waals surface area contributed by atoms with Crippen LogP contribution >= 0.6 is 0 Å². The van der Waals surface area contributed by atoms with Crippen LogP contribution in [0.15, 0.2) is 182 Å². The topological polar surface area (TPSA) is 13.0 Å². The second kappa shape index (κ2) is 15.0. The maximum atomic E-state index is 2.50. The van der Waals surface area contributed by atoms with Gasteiger partial charge in [-0.2, -0.15) is 0 Å². The molecule has 4 nitrogen and oxygen atoms in total. The van der Waals surface area contributed by atoms with E-state index < -0.39 is 0 Å². The smallest absolute Gasteiger partial charge is 0.0482 e. The van der Waals surface area contributed by atoms with Crippen LogP contribution in [-0.4, -0.2) is 0 Å².